The van der Waals surface area contributed by atoms with E-state index in [1.807, 2.05) is 0 Å². The first-order chi connectivity index (χ1) is 13.9. The third-order valence-corrected chi connectivity index (χ3v) is 5.23. The summed E-state index contributed by atoms with van der Waals surface area (Å²) in [6.07, 6.45) is -0.633. The molecule has 2 aromatic rings. The number of hydrogen-bond donors (Lipinski definition) is 0. The lowest BCUT2D eigenvalue weighted by Crippen LogP contribution is -2.53. The van der Waals surface area contributed by atoms with Gasteiger partial charge in [-0.05, 0) is 49.4 Å². The molecule has 1 atom stereocenters. The summed E-state index contributed by atoms with van der Waals surface area (Å²) in [5, 5.41) is 1.07. The quantitative estimate of drug-likeness (QED) is 0.715. The van der Waals surface area contributed by atoms with Crippen LogP contribution in [-0.2, 0) is 4.79 Å². The van der Waals surface area contributed by atoms with Gasteiger partial charge in [-0.25, -0.2) is 0 Å². The third-order valence-electron chi connectivity index (χ3n) is 4.74. The van der Waals surface area contributed by atoms with Gasteiger partial charge in [0.15, 0.2) is 6.10 Å². The van der Waals surface area contributed by atoms with Crippen molar-refractivity contribution in [2.45, 2.75) is 13.0 Å². The van der Waals surface area contributed by atoms with E-state index in [2.05, 4.69) is 0 Å². The van der Waals surface area contributed by atoms with E-state index in [0.717, 1.165) is 0 Å². The van der Waals surface area contributed by atoms with E-state index >= 15 is 0 Å². The second-order valence-electron chi connectivity index (χ2n) is 6.68. The molecular weight excluding hydrogens is 415 g/mol. The molecule has 1 fully saturated rings. The highest BCUT2D eigenvalue weighted by atomic mass is 35.5. The van der Waals surface area contributed by atoms with E-state index in [0.29, 0.717) is 53.3 Å². The molecule has 154 valence electrons. The van der Waals surface area contributed by atoms with E-state index in [4.69, 9.17) is 32.7 Å². The minimum atomic E-state index is -0.633. The second-order valence-corrected chi connectivity index (χ2v) is 7.55. The predicted molar refractivity (Wildman–Crippen MR) is 112 cm³/mol. The van der Waals surface area contributed by atoms with Crippen LogP contribution in [0.25, 0.3) is 0 Å². The zero-order valence-electron chi connectivity index (χ0n) is 16.2. The third kappa shape index (κ3) is 5.14. The maximum absolute atomic E-state index is 12.9. The van der Waals surface area contributed by atoms with Gasteiger partial charge in [0, 0.05) is 36.2 Å². The number of piperazine rings is 1. The molecule has 0 saturated carbocycles. The smallest absolute Gasteiger partial charge is 0.263 e. The summed E-state index contributed by atoms with van der Waals surface area (Å²) in [5.41, 5.74) is 0.416. The second kappa shape index (κ2) is 9.37. The van der Waals surface area contributed by atoms with Gasteiger partial charge in [-0.2, -0.15) is 0 Å². The van der Waals surface area contributed by atoms with Crippen molar-refractivity contribution < 1.29 is 19.1 Å². The molecule has 1 heterocycles. The Balaban J connectivity index is 1.58. The Bertz CT molecular complexity index is 881. The number of ether oxygens (including phenoxy) is 2. The fourth-order valence-electron chi connectivity index (χ4n) is 3.17. The minimum absolute atomic E-state index is 0.118. The van der Waals surface area contributed by atoms with E-state index in [1.54, 1.807) is 59.2 Å². The van der Waals surface area contributed by atoms with E-state index in [-0.39, 0.29) is 11.8 Å². The van der Waals surface area contributed by atoms with Gasteiger partial charge in [0.2, 0.25) is 0 Å². The molecule has 8 heteroatoms. The lowest BCUT2D eigenvalue weighted by molar-refractivity contribution is -0.139. The van der Waals surface area contributed by atoms with Gasteiger partial charge in [0.25, 0.3) is 11.8 Å². The van der Waals surface area contributed by atoms with E-state index in [9.17, 15) is 9.59 Å². The zero-order chi connectivity index (χ0) is 21.0. The predicted octanol–water partition coefficient (Wildman–Crippen LogP) is 3.75. The van der Waals surface area contributed by atoms with Crippen LogP contribution in [0, 0.1) is 0 Å². The van der Waals surface area contributed by atoms with Crippen molar-refractivity contribution in [3.63, 3.8) is 0 Å². The van der Waals surface area contributed by atoms with Gasteiger partial charge < -0.3 is 19.3 Å². The number of carbonyl (C=O) groups excluding carboxylic acids is 2. The maximum atomic E-state index is 12.9. The minimum Gasteiger partial charge on any atom is -0.496 e. The molecule has 6 nitrogen and oxygen atoms in total. The molecule has 1 aliphatic rings. The number of amides is 2. The number of methoxy groups -OCH3 is 1. The molecule has 1 aliphatic heterocycles. The number of benzene rings is 2. The molecular formula is C21H22Cl2N2O4. The van der Waals surface area contributed by atoms with Crippen molar-refractivity contribution in [1.82, 2.24) is 9.80 Å². The number of rotatable bonds is 5. The first-order valence-electron chi connectivity index (χ1n) is 9.23. The van der Waals surface area contributed by atoms with Crippen LogP contribution in [-0.4, -0.2) is 61.0 Å². The van der Waals surface area contributed by atoms with Crippen LogP contribution in [0.4, 0.5) is 0 Å². The SMILES string of the molecule is COc1ccc(Cl)cc1C(=O)N1CCN(C(=O)C(C)Oc2ccc(Cl)cc2)CC1. The highest BCUT2D eigenvalue weighted by molar-refractivity contribution is 6.31. The van der Waals surface area contributed by atoms with Gasteiger partial charge in [-0.15, -0.1) is 0 Å². The fraction of sp³-hybridized carbons (Fsp3) is 0.333. The normalized spacial score (nSPS) is 15.0. The monoisotopic (exact) mass is 436 g/mol. The highest BCUT2D eigenvalue weighted by Crippen LogP contribution is 2.25. The van der Waals surface area contributed by atoms with Crippen molar-refractivity contribution >= 4 is 35.0 Å². The Morgan fingerprint density at radius 3 is 2.14 bits per heavy atom. The largest absolute Gasteiger partial charge is 0.496 e. The highest BCUT2D eigenvalue weighted by Gasteiger charge is 2.29. The average molecular weight is 437 g/mol. The van der Waals surface area contributed by atoms with Crippen LogP contribution in [0.3, 0.4) is 0 Å². The van der Waals surface area contributed by atoms with Crippen molar-refractivity contribution in [2.75, 3.05) is 33.3 Å². The summed E-state index contributed by atoms with van der Waals surface area (Å²) in [6.45, 7) is 3.43. The van der Waals surface area contributed by atoms with E-state index in [1.165, 1.54) is 7.11 Å². The number of halogens is 2. The first kappa shape index (κ1) is 21.3. The van der Waals surface area contributed by atoms with E-state index < -0.39 is 6.10 Å². The van der Waals surface area contributed by atoms with Crippen LogP contribution in [0.2, 0.25) is 10.0 Å². The molecule has 0 spiro atoms. The average Bonchev–Trinajstić information content (AvgIpc) is 2.74. The van der Waals surface area contributed by atoms with Crippen molar-refractivity contribution in [2.24, 2.45) is 0 Å². The van der Waals surface area contributed by atoms with Crippen LogP contribution in [0.15, 0.2) is 42.5 Å². The molecule has 0 bridgehead atoms. The van der Waals surface area contributed by atoms with Gasteiger partial charge >= 0.3 is 0 Å². The van der Waals surface area contributed by atoms with Crippen LogP contribution in [0.5, 0.6) is 11.5 Å². The Morgan fingerprint density at radius 2 is 1.52 bits per heavy atom. The molecule has 2 amide bonds. The molecule has 0 N–H and O–H groups in total. The lowest BCUT2D eigenvalue weighted by atomic mass is 10.1. The summed E-state index contributed by atoms with van der Waals surface area (Å²) in [5.74, 6) is 0.773. The van der Waals surface area contributed by atoms with Crippen molar-refractivity contribution in [3.05, 3.63) is 58.1 Å². The lowest BCUT2D eigenvalue weighted by Gasteiger charge is -2.36. The number of nitrogens with zero attached hydrogens (tertiary/aromatic N) is 2. The summed E-state index contributed by atoms with van der Waals surface area (Å²) in [7, 11) is 1.51. The Labute approximate surface area is 179 Å². The van der Waals surface area contributed by atoms with Crippen molar-refractivity contribution in [3.8, 4) is 11.5 Å². The molecule has 2 aromatic carbocycles. The molecule has 0 aliphatic carbocycles. The van der Waals surface area contributed by atoms with Gasteiger partial charge in [-0.1, -0.05) is 23.2 Å². The molecule has 0 radical (unpaired) electrons. The molecule has 3 rings (SSSR count). The topological polar surface area (TPSA) is 59.1 Å². The van der Waals surface area contributed by atoms with Gasteiger partial charge in [-0.3, -0.25) is 9.59 Å². The standard InChI is InChI=1S/C21H22Cl2N2O4/c1-14(29-17-6-3-15(22)4-7-17)20(26)24-9-11-25(12-10-24)21(27)18-13-16(23)5-8-19(18)28-2/h3-8,13-14H,9-12H2,1-2H3. The molecule has 1 unspecified atom stereocenters. The van der Waals surface area contributed by atoms with Crippen LogP contribution < -0.4 is 9.47 Å². The number of carbonyl (C=O) groups is 2. The molecule has 29 heavy (non-hydrogen) atoms. The Morgan fingerprint density at radius 1 is 0.931 bits per heavy atom. The Kier molecular flexibility index (Phi) is 6.87. The van der Waals surface area contributed by atoms with Crippen LogP contribution in [0.1, 0.15) is 17.3 Å². The van der Waals surface area contributed by atoms with Crippen molar-refractivity contribution in [1.29, 1.82) is 0 Å². The summed E-state index contributed by atoms with van der Waals surface area (Å²) in [6, 6.07) is 11.8. The first-order valence-corrected chi connectivity index (χ1v) is 9.98. The molecule has 1 saturated heterocycles. The maximum Gasteiger partial charge on any atom is 0.263 e. The number of hydrogen-bond acceptors (Lipinski definition) is 4. The zero-order valence-corrected chi connectivity index (χ0v) is 17.7. The summed E-state index contributed by atoms with van der Waals surface area (Å²) < 4.78 is 11.0. The fourth-order valence-corrected chi connectivity index (χ4v) is 3.47. The van der Waals surface area contributed by atoms with Gasteiger partial charge in [0.05, 0.1) is 12.7 Å². The van der Waals surface area contributed by atoms with Crippen LogP contribution >= 0.6 is 23.2 Å². The molecule has 0 aromatic heterocycles. The summed E-state index contributed by atoms with van der Waals surface area (Å²) >= 11 is 11.9. The summed E-state index contributed by atoms with van der Waals surface area (Å²) in [4.78, 5) is 29.0. The Hall–Kier alpha value is -2.44. The van der Waals surface area contributed by atoms with Gasteiger partial charge in [0.1, 0.15) is 11.5 Å².